The normalized spacial score (nSPS) is 10.0. The van der Waals surface area contributed by atoms with E-state index in [2.05, 4.69) is 5.32 Å². The third-order valence-electron chi connectivity index (χ3n) is 2.51. The van der Waals surface area contributed by atoms with Crippen LogP contribution in [0.5, 0.6) is 11.5 Å². The Bertz CT molecular complexity index is 421. The quantitative estimate of drug-likeness (QED) is 0.865. The summed E-state index contributed by atoms with van der Waals surface area (Å²) < 4.78 is 10.3. The molecule has 0 atom stereocenters. The number of nitrogens with one attached hydrogen (secondary N) is 1. The number of ether oxygens (including phenoxy) is 2. The van der Waals surface area contributed by atoms with Gasteiger partial charge in [0, 0.05) is 24.1 Å². The molecule has 0 aromatic heterocycles. The van der Waals surface area contributed by atoms with Crippen LogP contribution in [0.3, 0.4) is 0 Å². The summed E-state index contributed by atoms with van der Waals surface area (Å²) in [7, 11) is 3.11. The van der Waals surface area contributed by atoms with E-state index in [0.717, 1.165) is 12.0 Å². The first-order chi connectivity index (χ1) is 8.62. The fourth-order valence-corrected chi connectivity index (χ4v) is 1.76. The Morgan fingerprint density at radius 3 is 2.44 bits per heavy atom. The van der Waals surface area contributed by atoms with Crippen LogP contribution in [0.15, 0.2) is 12.1 Å². The minimum Gasteiger partial charge on any atom is -0.493 e. The predicted molar refractivity (Wildman–Crippen MR) is 71.3 cm³/mol. The fraction of sp³-hybridized carbons (Fsp3) is 0.462. The molecule has 0 aliphatic rings. The average molecular weight is 272 g/mol. The van der Waals surface area contributed by atoms with Crippen LogP contribution in [0.1, 0.15) is 25.3 Å². The van der Waals surface area contributed by atoms with Crippen molar-refractivity contribution in [3.8, 4) is 11.5 Å². The number of methoxy groups -OCH3 is 2. The number of hydrogen-bond acceptors (Lipinski definition) is 3. The van der Waals surface area contributed by atoms with Crippen molar-refractivity contribution in [1.29, 1.82) is 0 Å². The first-order valence-electron chi connectivity index (χ1n) is 5.79. The second-order valence-corrected chi connectivity index (χ2v) is 4.23. The number of benzene rings is 1. The highest BCUT2D eigenvalue weighted by atomic mass is 35.5. The van der Waals surface area contributed by atoms with E-state index in [9.17, 15) is 4.79 Å². The molecule has 1 rings (SSSR count). The van der Waals surface area contributed by atoms with Crippen LogP contribution in [0.25, 0.3) is 0 Å². The lowest BCUT2D eigenvalue weighted by atomic mass is 10.2. The first kappa shape index (κ1) is 14.6. The van der Waals surface area contributed by atoms with Crippen molar-refractivity contribution < 1.29 is 14.3 Å². The summed E-state index contributed by atoms with van der Waals surface area (Å²) >= 11 is 6.11. The van der Waals surface area contributed by atoms with E-state index in [1.54, 1.807) is 26.4 Å². The van der Waals surface area contributed by atoms with E-state index in [-0.39, 0.29) is 5.91 Å². The van der Waals surface area contributed by atoms with Gasteiger partial charge in [-0.3, -0.25) is 4.79 Å². The molecule has 0 saturated heterocycles. The zero-order valence-electron chi connectivity index (χ0n) is 10.9. The fourth-order valence-electron chi connectivity index (χ4n) is 1.54. The van der Waals surface area contributed by atoms with Crippen molar-refractivity contribution in [2.45, 2.75) is 26.3 Å². The van der Waals surface area contributed by atoms with Crippen LogP contribution in [0.2, 0.25) is 5.02 Å². The molecule has 0 saturated carbocycles. The van der Waals surface area contributed by atoms with E-state index < -0.39 is 0 Å². The maximum atomic E-state index is 11.4. The number of amides is 1. The lowest BCUT2D eigenvalue weighted by molar-refractivity contribution is -0.121. The molecule has 5 heteroatoms. The minimum atomic E-state index is 0.0170. The van der Waals surface area contributed by atoms with Gasteiger partial charge in [-0.15, -0.1) is 0 Å². The Balaban J connectivity index is 2.79. The smallest absolute Gasteiger partial charge is 0.220 e. The van der Waals surface area contributed by atoms with Crippen LogP contribution < -0.4 is 14.8 Å². The second-order valence-electron chi connectivity index (χ2n) is 3.83. The van der Waals surface area contributed by atoms with Crippen molar-refractivity contribution in [3.63, 3.8) is 0 Å². The largest absolute Gasteiger partial charge is 0.493 e. The molecular weight excluding hydrogens is 254 g/mol. The van der Waals surface area contributed by atoms with Gasteiger partial charge in [-0.05, 0) is 18.1 Å². The van der Waals surface area contributed by atoms with Gasteiger partial charge in [-0.25, -0.2) is 0 Å². The molecular formula is C13H18ClNO3. The first-order valence-corrected chi connectivity index (χ1v) is 6.17. The van der Waals surface area contributed by atoms with Crippen molar-refractivity contribution in [2.75, 3.05) is 14.2 Å². The van der Waals surface area contributed by atoms with Crippen LogP contribution in [-0.4, -0.2) is 20.1 Å². The molecule has 0 heterocycles. The lowest BCUT2D eigenvalue weighted by Crippen LogP contribution is -2.22. The third-order valence-corrected chi connectivity index (χ3v) is 2.86. The summed E-state index contributed by atoms with van der Waals surface area (Å²) in [6.07, 6.45) is 1.34. The predicted octanol–water partition coefficient (Wildman–Crippen LogP) is 2.77. The molecule has 100 valence electrons. The van der Waals surface area contributed by atoms with Gasteiger partial charge in [0.15, 0.2) is 11.5 Å². The Morgan fingerprint density at radius 2 is 1.89 bits per heavy atom. The average Bonchev–Trinajstić information content (AvgIpc) is 2.37. The number of carbonyl (C=O) groups excluding carboxylic acids is 1. The van der Waals surface area contributed by atoms with Gasteiger partial charge in [0.25, 0.3) is 0 Å². The Labute approximate surface area is 112 Å². The second kappa shape index (κ2) is 7.11. The molecule has 0 spiro atoms. The van der Waals surface area contributed by atoms with Gasteiger partial charge < -0.3 is 14.8 Å². The van der Waals surface area contributed by atoms with Crippen LogP contribution in [0.4, 0.5) is 0 Å². The molecule has 1 N–H and O–H groups in total. The Kier molecular flexibility index (Phi) is 5.78. The molecule has 0 aliphatic carbocycles. The summed E-state index contributed by atoms with van der Waals surface area (Å²) in [5.74, 6) is 1.19. The molecule has 1 aromatic rings. The van der Waals surface area contributed by atoms with Crippen molar-refractivity contribution in [3.05, 3.63) is 22.7 Å². The third kappa shape index (κ3) is 3.81. The topological polar surface area (TPSA) is 47.6 Å². The lowest BCUT2D eigenvalue weighted by Gasteiger charge is -2.12. The van der Waals surface area contributed by atoms with Gasteiger partial charge >= 0.3 is 0 Å². The van der Waals surface area contributed by atoms with Gasteiger partial charge in [0.2, 0.25) is 5.91 Å². The number of halogens is 1. The molecule has 0 aliphatic heterocycles. The molecule has 1 aromatic carbocycles. The maximum absolute atomic E-state index is 11.4. The zero-order valence-corrected chi connectivity index (χ0v) is 11.6. The van der Waals surface area contributed by atoms with Gasteiger partial charge in [-0.1, -0.05) is 18.5 Å². The highest BCUT2D eigenvalue weighted by molar-refractivity contribution is 6.31. The zero-order chi connectivity index (χ0) is 13.5. The number of hydrogen-bond donors (Lipinski definition) is 1. The summed E-state index contributed by atoms with van der Waals surface area (Å²) in [4.78, 5) is 11.4. The monoisotopic (exact) mass is 271 g/mol. The Morgan fingerprint density at radius 1 is 1.28 bits per heavy atom. The van der Waals surface area contributed by atoms with Gasteiger partial charge in [0.05, 0.1) is 14.2 Å². The Hall–Kier alpha value is -1.42. The maximum Gasteiger partial charge on any atom is 0.220 e. The highest BCUT2D eigenvalue weighted by Gasteiger charge is 2.10. The van der Waals surface area contributed by atoms with E-state index >= 15 is 0 Å². The van der Waals surface area contributed by atoms with Crippen molar-refractivity contribution >= 4 is 17.5 Å². The molecule has 0 bridgehead atoms. The summed E-state index contributed by atoms with van der Waals surface area (Å²) in [5.41, 5.74) is 0.804. The number of rotatable bonds is 6. The molecule has 18 heavy (non-hydrogen) atoms. The van der Waals surface area contributed by atoms with Crippen molar-refractivity contribution in [1.82, 2.24) is 5.32 Å². The van der Waals surface area contributed by atoms with Gasteiger partial charge in [0.1, 0.15) is 0 Å². The highest BCUT2D eigenvalue weighted by Crippen LogP contribution is 2.32. The summed E-state index contributed by atoms with van der Waals surface area (Å²) in [5, 5.41) is 3.36. The van der Waals surface area contributed by atoms with Crippen LogP contribution in [-0.2, 0) is 11.3 Å². The SMILES string of the molecule is CCCC(=O)NCc1cc(OC)c(OC)cc1Cl. The molecule has 4 nitrogen and oxygen atoms in total. The summed E-state index contributed by atoms with van der Waals surface area (Å²) in [6, 6.07) is 3.45. The number of carbonyl (C=O) groups is 1. The van der Waals surface area contributed by atoms with E-state index in [0.29, 0.717) is 29.5 Å². The molecule has 0 unspecified atom stereocenters. The van der Waals surface area contributed by atoms with E-state index in [1.165, 1.54) is 0 Å². The summed E-state index contributed by atoms with van der Waals surface area (Å²) in [6.45, 7) is 2.35. The standard InChI is InChI=1S/C13H18ClNO3/c1-4-5-13(16)15-8-9-6-11(17-2)12(18-3)7-10(9)14/h6-7H,4-5,8H2,1-3H3,(H,15,16). The van der Waals surface area contributed by atoms with E-state index in [4.69, 9.17) is 21.1 Å². The molecule has 0 fully saturated rings. The minimum absolute atomic E-state index is 0.0170. The van der Waals surface area contributed by atoms with Crippen LogP contribution in [0, 0.1) is 0 Å². The van der Waals surface area contributed by atoms with Crippen LogP contribution >= 0.6 is 11.6 Å². The van der Waals surface area contributed by atoms with Gasteiger partial charge in [-0.2, -0.15) is 0 Å². The van der Waals surface area contributed by atoms with Crippen molar-refractivity contribution in [2.24, 2.45) is 0 Å². The molecule has 1 amide bonds. The van der Waals surface area contributed by atoms with E-state index in [1.807, 2.05) is 6.92 Å². The molecule has 0 radical (unpaired) electrons.